The molecule has 0 saturated heterocycles. The van der Waals surface area contributed by atoms with Crippen molar-refractivity contribution in [3.8, 4) is 0 Å². The van der Waals surface area contributed by atoms with Crippen LogP contribution in [0.25, 0.3) is 0 Å². The third kappa shape index (κ3) is 6.51. The standard InChI is InChI=1S/C26H32N2O3/c1-20-13-12-14-21(19-20)27-24(29)17-8-6-4-2-3-5-7-11-18-28-25(30)22-15-9-10-16-23(22)26(28)31/h9-10,12-16,19H,2-8,11,17-18H2,1H3,(H,27,29). The van der Waals surface area contributed by atoms with Crippen molar-refractivity contribution >= 4 is 23.4 Å². The lowest BCUT2D eigenvalue weighted by molar-refractivity contribution is -0.116. The Kier molecular flexibility index (Phi) is 8.39. The van der Waals surface area contributed by atoms with E-state index in [-0.39, 0.29) is 17.7 Å². The van der Waals surface area contributed by atoms with Crippen LogP contribution in [-0.4, -0.2) is 29.2 Å². The van der Waals surface area contributed by atoms with Crippen LogP contribution in [0.2, 0.25) is 0 Å². The van der Waals surface area contributed by atoms with Crippen LogP contribution in [0.1, 0.15) is 84.1 Å². The normalized spacial score (nSPS) is 12.9. The molecule has 0 unspecified atom stereocenters. The van der Waals surface area contributed by atoms with Gasteiger partial charge in [0.2, 0.25) is 5.91 Å². The number of benzene rings is 2. The zero-order valence-corrected chi connectivity index (χ0v) is 18.4. The second-order valence-electron chi connectivity index (χ2n) is 8.30. The number of hydrogen-bond acceptors (Lipinski definition) is 3. The first kappa shape index (κ1) is 22.7. The molecule has 0 aliphatic carbocycles. The summed E-state index contributed by atoms with van der Waals surface area (Å²) in [6, 6.07) is 14.9. The number of rotatable bonds is 12. The Morgan fingerprint density at radius 3 is 1.97 bits per heavy atom. The van der Waals surface area contributed by atoms with Gasteiger partial charge in [-0.1, -0.05) is 62.8 Å². The average molecular weight is 421 g/mol. The van der Waals surface area contributed by atoms with Gasteiger partial charge in [0.05, 0.1) is 11.1 Å². The van der Waals surface area contributed by atoms with Crippen LogP contribution in [-0.2, 0) is 4.79 Å². The molecule has 31 heavy (non-hydrogen) atoms. The van der Waals surface area contributed by atoms with E-state index in [0.29, 0.717) is 24.1 Å². The maximum Gasteiger partial charge on any atom is 0.261 e. The highest BCUT2D eigenvalue weighted by atomic mass is 16.2. The Morgan fingerprint density at radius 2 is 1.35 bits per heavy atom. The molecule has 0 atom stereocenters. The maximum absolute atomic E-state index is 12.3. The van der Waals surface area contributed by atoms with E-state index in [1.54, 1.807) is 24.3 Å². The molecule has 2 aromatic carbocycles. The molecule has 1 N–H and O–H groups in total. The minimum atomic E-state index is -0.160. The van der Waals surface area contributed by atoms with E-state index in [4.69, 9.17) is 0 Å². The third-order valence-electron chi connectivity index (χ3n) is 5.72. The van der Waals surface area contributed by atoms with Crippen molar-refractivity contribution in [2.75, 3.05) is 11.9 Å². The summed E-state index contributed by atoms with van der Waals surface area (Å²) in [6.07, 6.45) is 8.97. The van der Waals surface area contributed by atoms with Gasteiger partial charge in [0.1, 0.15) is 0 Å². The molecule has 3 rings (SSSR count). The van der Waals surface area contributed by atoms with Crippen molar-refractivity contribution in [2.45, 2.75) is 64.7 Å². The van der Waals surface area contributed by atoms with E-state index in [1.807, 2.05) is 31.2 Å². The molecule has 5 heteroatoms. The van der Waals surface area contributed by atoms with Crippen LogP contribution in [0.3, 0.4) is 0 Å². The van der Waals surface area contributed by atoms with E-state index in [2.05, 4.69) is 5.32 Å². The van der Waals surface area contributed by atoms with E-state index < -0.39 is 0 Å². The summed E-state index contributed by atoms with van der Waals surface area (Å²) >= 11 is 0. The van der Waals surface area contributed by atoms with Gasteiger partial charge >= 0.3 is 0 Å². The molecular formula is C26H32N2O3. The van der Waals surface area contributed by atoms with Crippen LogP contribution in [0, 0.1) is 6.92 Å². The number of aryl methyl sites for hydroxylation is 1. The van der Waals surface area contributed by atoms with Crippen molar-refractivity contribution in [3.63, 3.8) is 0 Å². The fraction of sp³-hybridized carbons (Fsp3) is 0.423. The van der Waals surface area contributed by atoms with Crippen LogP contribution in [0.15, 0.2) is 48.5 Å². The molecule has 0 bridgehead atoms. The molecule has 5 nitrogen and oxygen atoms in total. The summed E-state index contributed by atoms with van der Waals surface area (Å²) in [7, 11) is 0. The van der Waals surface area contributed by atoms with E-state index >= 15 is 0 Å². The molecule has 0 saturated carbocycles. The largest absolute Gasteiger partial charge is 0.326 e. The van der Waals surface area contributed by atoms with Crippen LogP contribution in [0.5, 0.6) is 0 Å². The van der Waals surface area contributed by atoms with Crippen molar-refractivity contribution in [1.82, 2.24) is 4.90 Å². The topological polar surface area (TPSA) is 66.5 Å². The number of fused-ring (bicyclic) bond motifs is 1. The summed E-state index contributed by atoms with van der Waals surface area (Å²) < 4.78 is 0. The van der Waals surface area contributed by atoms with Gasteiger partial charge in [0, 0.05) is 18.7 Å². The first-order valence-corrected chi connectivity index (χ1v) is 11.4. The minimum Gasteiger partial charge on any atom is -0.326 e. The second-order valence-corrected chi connectivity index (χ2v) is 8.30. The number of imide groups is 1. The van der Waals surface area contributed by atoms with Gasteiger partial charge in [-0.05, 0) is 49.6 Å². The van der Waals surface area contributed by atoms with Gasteiger partial charge in [-0.25, -0.2) is 0 Å². The van der Waals surface area contributed by atoms with E-state index in [0.717, 1.165) is 62.6 Å². The first-order valence-electron chi connectivity index (χ1n) is 11.4. The van der Waals surface area contributed by atoms with Crippen molar-refractivity contribution in [3.05, 3.63) is 65.2 Å². The monoisotopic (exact) mass is 420 g/mol. The van der Waals surface area contributed by atoms with Crippen molar-refractivity contribution in [2.24, 2.45) is 0 Å². The Morgan fingerprint density at radius 1 is 0.774 bits per heavy atom. The highest BCUT2D eigenvalue weighted by Crippen LogP contribution is 2.23. The molecule has 1 aliphatic rings. The molecule has 0 radical (unpaired) electrons. The van der Waals surface area contributed by atoms with Gasteiger partial charge in [0.25, 0.3) is 11.8 Å². The fourth-order valence-electron chi connectivity index (χ4n) is 4.00. The smallest absolute Gasteiger partial charge is 0.261 e. The maximum atomic E-state index is 12.3. The molecule has 3 amide bonds. The van der Waals surface area contributed by atoms with Crippen LogP contribution >= 0.6 is 0 Å². The number of carbonyl (C=O) groups is 3. The van der Waals surface area contributed by atoms with Crippen molar-refractivity contribution < 1.29 is 14.4 Å². The number of unbranched alkanes of at least 4 members (excludes halogenated alkanes) is 7. The van der Waals surface area contributed by atoms with Gasteiger partial charge in [-0.15, -0.1) is 0 Å². The zero-order chi connectivity index (χ0) is 22.1. The van der Waals surface area contributed by atoms with Gasteiger partial charge in [-0.3, -0.25) is 19.3 Å². The van der Waals surface area contributed by atoms with Gasteiger partial charge in [0.15, 0.2) is 0 Å². The van der Waals surface area contributed by atoms with Gasteiger partial charge in [-0.2, -0.15) is 0 Å². The molecular weight excluding hydrogens is 388 g/mol. The lowest BCUT2D eigenvalue weighted by Crippen LogP contribution is -2.30. The number of anilines is 1. The predicted octanol–water partition coefficient (Wildman–Crippen LogP) is 5.74. The summed E-state index contributed by atoms with van der Waals surface area (Å²) in [6.45, 7) is 2.52. The number of amides is 3. The van der Waals surface area contributed by atoms with Crippen LogP contribution < -0.4 is 5.32 Å². The quantitative estimate of drug-likeness (QED) is 0.352. The molecule has 1 aliphatic heterocycles. The molecule has 2 aromatic rings. The number of hydrogen-bond donors (Lipinski definition) is 1. The Balaban J connectivity index is 1.19. The summed E-state index contributed by atoms with van der Waals surface area (Å²) in [5.41, 5.74) is 3.06. The lowest BCUT2D eigenvalue weighted by Gasteiger charge is -2.13. The highest BCUT2D eigenvalue weighted by Gasteiger charge is 2.34. The molecule has 0 spiro atoms. The summed E-state index contributed by atoms with van der Waals surface area (Å²) in [4.78, 5) is 38.0. The molecule has 1 heterocycles. The minimum absolute atomic E-state index is 0.0822. The fourth-order valence-corrected chi connectivity index (χ4v) is 4.00. The van der Waals surface area contributed by atoms with Crippen LogP contribution in [0.4, 0.5) is 5.69 Å². The Labute approximate surface area is 184 Å². The second kappa shape index (κ2) is 11.4. The molecule has 0 fully saturated rings. The molecule has 0 aromatic heterocycles. The number of carbonyl (C=O) groups excluding carboxylic acids is 3. The van der Waals surface area contributed by atoms with E-state index in [1.165, 1.54) is 4.90 Å². The number of nitrogens with zero attached hydrogens (tertiary/aromatic N) is 1. The average Bonchev–Trinajstić information content (AvgIpc) is 3.00. The first-order chi connectivity index (χ1) is 15.1. The van der Waals surface area contributed by atoms with Gasteiger partial charge < -0.3 is 5.32 Å². The Bertz CT molecular complexity index is 887. The number of nitrogens with one attached hydrogen (secondary N) is 1. The Hall–Kier alpha value is -2.95. The highest BCUT2D eigenvalue weighted by molar-refractivity contribution is 6.21. The predicted molar refractivity (Wildman–Crippen MR) is 123 cm³/mol. The SMILES string of the molecule is Cc1cccc(NC(=O)CCCCCCCCCCN2C(=O)c3ccccc3C2=O)c1. The van der Waals surface area contributed by atoms with E-state index in [9.17, 15) is 14.4 Å². The summed E-state index contributed by atoms with van der Waals surface area (Å²) in [5.74, 6) is -0.238. The zero-order valence-electron chi connectivity index (χ0n) is 18.4. The summed E-state index contributed by atoms with van der Waals surface area (Å²) in [5, 5.41) is 2.95. The van der Waals surface area contributed by atoms with Crippen molar-refractivity contribution in [1.29, 1.82) is 0 Å². The molecule has 164 valence electrons. The lowest BCUT2D eigenvalue weighted by atomic mass is 10.1. The third-order valence-corrected chi connectivity index (χ3v) is 5.72.